The molecule has 0 aromatic heterocycles. The highest BCUT2D eigenvalue weighted by atomic mass is 15.4. The molecule has 24 heavy (non-hydrogen) atoms. The Bertz CT molecular complexity index is 311. The quantitative estimate of drug-likeness (QED) is 0.304. The van der Waals surface area contributed by atoms with Crippen LogP contribution in [0.3, 0.4) is 0 Å². The van der Waals surface area contributed by atoms with Gasteiger partial charge in [-0.05, 0) is 12.3 Å². The van der Waals surface area contributed by atoms with Gasteiger partial charge in [0, 0.05) is 26.0 Å². The van der Waals surface area contributed by atoms with Gasteiger partial charge in [-0.2, -0.15) is 0 Å². The van der Waals surface area contributed by atoms with E-state index >= 15 is 0 Å². The maximum absolute atomic E-state index is 2.53. The largest absolute Gasteiger partial charge is 0.359 e. The first-order valence-electron chi connectivity index (χ1n) is 10.8. The van der Waals surface area contributed by atoms with Crippen molar-refractivity contribution in [2.24, 2.45) is 5.92 Å². The first-order valence-corrected chi connectivity index (χ1v) is 10.8. The van der Waals surface area contributed by atoms with Gasteiger partial charge >= 0.3 is 0 Å². The van der Waals surface area contributed by atoms with Crippen LogP contribution in [0, 0.1) is 5.92 Å². The van der Waals surface area contributed by atoms with Gasteiger partial charge in [-0.25, -0.2) is 0 Å². The Kier molecular flexibility index (Phi) is 12.1. The third-order valence-electron chi connectivity index (χ3n) is 5.37. The molecule has 1 unspecified atom stereocenters. The van der Waals surface area contributed by atoms with Gasteiger partial charge < -0.3 is 9.80 Å². The summed E-state index contributed by atoms with van der Waals surface area (Å²) in [5, 5.41) is 0. The maximum Gasteiger partial charge on any atom is 0.103 e. The Hall–Kier alpha value is -0.660. The molecule has 0 aromatic carbocycles. The fourth-order valence-corrected chi connectivity index (χ4v) is 3.97. The normalized spacial score (nSPS) is 17.5. The van der Waals surface area contributed by atoms with E-state index in [2.05, 4.69) is 50.0 Å². The van der Waals surface area contributed by atoms with Crippen LogP contribution in [0.2, 0.25) is 0 Å². The lowest BCUT2D eigenvalue weighted by Crippen LogP contribution is -2.41. The van der Waals surface area contributed by atoms with E-state index in [4.69, 9.17) is 0 Å². The van der Waals surface area contributed by atoms with Gasteiger partial charge in [-0.3, -0.25) is 0 Å². The zero-order chi connectivity index (χ0) is 17.6. The highest BCUT2D eigenvalue weighted by Gasteiger charge is 2.25. The fourth-order valence-electron chi connectivity index (χ4n) is 3.97. The van der Waals surface area contributed by atoms with Crippen molar-refractivity contribution in [3.63, 3.8) is 0 Å². The van der Waals surface area contributed by atoms with E-state index in [1.54, 1.807) is 0 Å². The van der Waals surface area contributed by atoms with Gasteiger partial charge in [0.25, 0.3) is 0 Å². The van der Waals surface area contributed by atoms with Crippen LogP contribution in [0.1, 0.15) is 104 Å². The van der Waals surface area contributed by atoms with Gasteiger partial charge in [0.05, 0.1) is 0 Å². The third kappa shape index (κ3) is 8.99. The van der Waals surface area contributed by atoms with Crippen molar-refractivity contribution in [2.45, 2.75) is 110 Å². The minimum absolute atomic E-state index is 0.572. The number of hydrogen-bond donors (Lipinski definition) is 0. The second kappa shape index (κ2) is 13.6. The van der Waals surface area contributed by atoms with Crippen LogP contribution >= 0.6 is 0 Å². The van der Waals surface area contributed by atoms with Gasteiger partial charge in [0.2, 0.25) is 0 Å². The monoisotopic (exact) mass is 336 g/mol. The minimum Gasteiger partial charge on any atom is -0.359 e. The zero-order valence-corrected chi connectivity index (χ0v) is 17.1. The molecule has 0 spiro atoms. The van der Waals surface area contributed by atoms with Crippen LogP contribution in [0.4, 0.5) is 0 Å². The predicted octanol–water partition coefficient (Wildman–Crippen LogP) is 6.78. The van der Waals surface area contributed by atoms with Crippen molar-refractivity contribution in [3.05, 3.63) is 12.4 Å². The molecule has 0 saturated heterocycles. The average Bonchev–Trinajstić information content (AvgIpc) is 2.92. The highest BCUT2D eigenvalue weighted by molar-refractivity contribution is 4.96. The Labute approximate surface area is 152 Å². The molecule has 0 bridgehead atoms. The van der Waals surface area contributed by atoms with Crippen molar-refractivity contribution in [2.75, 3.05) is 13.6 Å². The molecule has 0 N–H and O–H groups in total. The van der Waals surface area contributed by atoms with Gasteiger partial charge in [-0.1, -0.05) is 97.8 Å². The first-order chi connectivity index (χ1) is 11.7. The van der Waals surface area contributed by atoms with E-state index in [0.29, 0.717) is 12.1 Å². The lowest BCUT2D eigenvalue weighted by molar-refractivity contribution is 0.125. The van der Waals surface area contributed by atoms with Crippen LogP contribution in [-0.4, -0.2) is 29.6 Å². The van der Waals surface area contributed by atoms with Crippen LogP contribution in [0.25, 0.3) is 0 Å². The molecule has 0 fully saturated rings. The summed E-state index contributed by atoms with van der Waals surface area (Å²) in [6.07, 6.45) is 23.7. The molecule has 1 rings (SSSR count). The van der Waals surface area contributed by atoms with E-state index in [1.165, 1.54) is 90.0 Å². The number of rotatable bonds is 15. The smallest absolute Gasteiger partial charge is 0.103 e. The summed E-state index contributed by atoms with van der Waals surface area (Å²) >= 11 is 0. The van der Waals surface area contributed by atoms with E-state index in [9.17, 15) is 0 Å². The average molecular weight is 337 g/mol. The summed E-state index contributed by atoms with van der Waals surface area (Å²) in [6, 6.07) is 0. The molecule has 142 valence electrons. The molecule has 2 nitrogen and oxygen atoms in total. The van der Waals surface area contributed by atoms with Gasteiger partial charge in [0.1, 0.15) is 6.17 Å². The second-order valence-electron chi connectivity index (χ2n) is 8.10. The molecule has 0 saturated carbocycles. The lowest BCUT2D eigenvalue weighted by Gasteiger charge is -2.33. The maximum atomic E-state index is 2.53. The van der Waals surface area contributed by atoms with Crippen LogP contribution in [0.5, 0.6) is 0 Å². The summed E-state index contributed by atoms with van der Waals surface area (Å²) in [4.78, 5) is 4.89. The van der Waals surface area contributed by atoms with Crippen LogP contribution in [0.15, 0.2) is 12.4 Å². The number of unbranched alkanes of at least 4 members (excludes halogenated alkanes) is 12. The molecule has 0 aliphatic carbocycles. The molecule has 1 atom stereocenters. The van der Waals surface area contributed by atoms with Crippen LogP contribution < -0.4 is 0 Å². The standard InChI is InChI=1S/C22H44N2/c1-5-6-7-8-9-10-11-12-13-14-15-16-17-18-24-20-19-23(4)22(24)21(2)3/h19-22H,5-18H2,1-4H3. The summed E-state index contributed by atoms with van der Waals surface area (Å²) in [5.74, 6) is 0.687. The molecular weight excluding hydrogens is 292 g/mol. The summed E-state index contributed by atoms with van der Waals surface area (Å²) < 4.78 is 0. The third-order valence-corrected chi connectivity index (χ3v) is 5.37. The SMILES string of the molecule is CCCCCCCCCCCCCCCN1C=CN(C)C1C(C)C. The minimum atomic E-state index is 0.572. The van der Waals surface area contributed by atoms with E-state index in [0.717, 1.165) is 0 Å². The first kappa shape index (κ1) is 21.4. The molecule has 1 heterocycles. The topological polar surface area (TPSA) is 6.48 Å². The Morgan fingerprint density at radius 1 is 0.708 bits per heavy atom. The molecule has 1 aliphatic rings. The van der Waals surface area contributed by atoms with Crippen molar-refractivity contribution >= 4 is 0 Å². The molecule has 1 aliphatic heterocycles. The van der Waals surface area contributed by atoms with E-state index in [-0.39, 0.29) is 0 Å². The molecule has 0 amide bonds. The number of hydrogen-bond acceptors (Lipinski definition) is 2. The predicted molar refractivity (Wildman–Crippen MR) is 108 cm³/mol. The summed E-state index contributed by atoms with van der Waals surface area (Å²) in [6.45, 7) is 8.17. The lowest BCUT2D eigenvalue weighted by atomic mass is 10.0. The highest BCUT2D eigenvalue weighted by Crippen LogP contribution is 2.21. The van der Waals surface area contributed by atoms with Crippen molar-refractivity contribution < 1.29 is 0 Å². The summed E-state index contributed by atoms with van der Waals surface area (Å²) in [7, 11) is 2.20. The Morgan fingerprint density at radius 2 is 1.17 bits per heavy atom. The van der Waals surface area contributed by atoms with Gasteiger partial charge in [0.15, 0.2) is 0 Å². The van der Waals surface area contributed by atoms with Crippen molar-refractivity contribution in [1.82, 2.24) is 9.80 Å². The van der Waals surface area contributed by atoms with E-state index < -0.39 is 0 Å². The Morgan fingerprint density at radius 3 is 1.62 bits per heavy atom. The van der Waals surface area contributed by atoms with E-state index in [1.807, 2.05) is 0 Å². The molecule has 0 radical (unpaired) electrons. The van der Waals surface area contributed by atoms with Crippen molar-refractivity contribution in [1.29, 1.82) is 0 Å². The molecule has 0 aromatic rings. The van der Waals surface area contributed by atoms with Crippen LogP contribution in [-0.2, 0) is 0 Å². The Balaban J connectivity index is 1.86. The molecular formula is C22H44N2. The fraction of sp³-hybridized carbons (Fsp3) is 0.909. The zero-order valence-electron chi connectivity index (χ0n) is 17.1. The number of nitrogens with zero attached hydrogens (tertiary/aromatic N) is 2. The molecule has 2 heteroatoms. The summed E-state index contributed by atoms with van der Waals surface area (Å²) in [5.41, 5.74) is 0. The van der Waals surface area contributed by atoms with Crippen molar-refractivity contribution in [3.8, 4) is 0 Å². The van der Waals surface area contributed by atoms with Gasteiger partial charge in [-0.15, -0.1) is 0 Å². The second-order valence-corrected chi connectivity index (χ2v) is 8.10.